The standard InChI is InChI=1S/C13H15F3N2O3/c1-20-9-2-3-11(10(8-9)13(14,15)16)17-12(19)18-4-6-21-7-5-18/h2-3,8H,4-7H2,1H3,(H,17,19). The molecule has 0 atom stereocenters. The Hall–Kier alpha value is -1.96. The van der Waals surface area contributed by atoms with Gasteiger partial charge in [-0.25, -0.2) is 4.79 Å². The molecule has 1 heterocycles. The number of anilines is 1. The topological polar surface area (TPSA) is 50.8 Å². The zero-order valence-corrected chi connectivity index (χ0v) is 11.4. The number of ether oxygens (including phenoxy) is 2. The van der Waals surface area contributed by atoms with E-state index in [1.165, 1.54) is 24.1 Å². The number of nitrogens with zero attached hydrogens (tertiary/aromatic N) is 1. The van der Waals surface area contributed by atoms with Gasteiger partial charge < -0.3 is 19.7 Å². The third kappa shape index (κ3) is 3.78. The number of urea groups is 1. The van der Waals surface area contributed by atoms with Crippen LogP contribution < -0.4 is 10.1 Å². The number of rotatable bonds is 2. The van der Waals surface area contributed by atoms with Crippen LogP contribution in [0.25, 0.3) is 0 Å². The predicted octanol–water partition coefficient (Wildman–Crippen LogP) is 2.58. The lowest BCUT2D eigenvalue weighted by molar-refractivity contribution is -0.137. The second-order valence-corrected chi connectivity index (χ2v) is 4.44. The van der Waals surface area contributed by atoms with Gasteiger partial charge in [0, 0.05) is 13.1 Å². The number of methoxy groups -OCH3 is 1. The van der Waals surface area contributed by atoms with Crippen molar-refractivity contribution >= 4 is 11.7 Å². The number of carbonyl (C=O) groups excluding carboxylic acids is 1. The quantitative estimate of drug-likeness (QED) is 0.913. The molecule has 21 heavy (non-hydrogen) atoms. The molecule has 1 aliphatic rings. The van der Waals surface area contributed by atoms with Crippen molar-refractivity contribution in [1.29, 1.82) is 0 Å². The zero-order valence-electron chi connectivity index (χ0n) is 11.4. The molecule has 0 unspecified atom stereocenters. The number of alkyl halides is 3. The van der Waals surface area contributed by atoms with Gasteiger partial charge in [-0.15, -0.1) is 0 Å². The number of morpholine rings is 1. The molecule has 0 spiro atoms. The van der Waals surface area contributed by atoms with Crippen LogP contribution in [0.15, 0.2) is 18.2 Å². The highest BCUT2D eigenvalue weighted by Gasteiger charge is 2.35. The normalized spacial score (nSPS) is 15.7. The summed E-state index contributed by atoms with van der Waals surface area (Å²) in [6, 6.07) is 2.83. The first kappa shape index (κ1) is 15.4. The smallest absolute Gasteiger partial charge is 0.418 e. The Balaban J connectivity index is 2.20. The summed E-state index contributed by atoms with van der Waals surface area (Å²) in [7, 11) is 1.28. The Morgan fingerprint density at radius 3 is 2.57 bits per heavy atom. The van der Waals surface area contributed by atoms with Gasteiger partial charge in [0.1, 0.15) is 5.75 Å². The Morgan fingerprint density at radius 2 is 2.00 bits per heavy atom. The average Bonchev–Trinajstić information content (AvgIpc) is 2.47. The number of amides is 2. The molecule has 1 aliphatic heterocycles. The van der Waals surface area contributed by atoms with Crippen LogP contribution in [-0.4, -0.2) is 44.3 Å². The van der Waals surface area contributed by atoms with Crippen molar-refractivity contribution in [2.75, 3.05) is 38.7 Å². The third-order valence-electron chi connectivity index (χ3n) is 3.07. The molecular weight excluding hydrogens is 289 g/mol. The minimum atomic E-state index is -4.58. The highest BCUT2D eigenvalue weighted by Crippen LogP contribution is 2.37. The molecule has 0 aromatic heterocycles. The number of hydrogen-bond acceptors (Lipinski definition) is 3. The number of nitrogens with one attached hydrogen (secondary N) is 1. The van der Waals surface area contributed by atoms with E-state index in [2.05, 4.69) is 5.32 Å². The van der Waals surface area contributed by atoms with Gasteiger partial charge >= 0.3 is 12.2 Å². The largest absolute Gasteiger partial charge is 0.497 e. The Morgan fingerprint density at radius 1 is 1.33 bits per heavy atom. The summed E-state index contributed by atoms with van der Waals surface area (Å²) < 4.78 is 48.9. The molecule has 1 saturated heterocycles. The monoisotopic (exact) mass is 304 g/mol. The van der Waals surface area contributed by atoms with Crippen LogP contribution in [0, 0.1) is 0 Å². The number of benzene rings is 1. The van der Waals surface area contributed by atoms with Crippen molar-refractivity contribution in [1.82, 2.24) is 4.90 Å². The van der Waals surface area contributed by atoms with Crippen LogP contribution in [0.1, 0.15) is 5.56 Å². The van der Waals surface area contributed by atoms with Crippen molar-refractivity contribution in [3.8, 4) is 5.75 Å². The van der Waals surface area contributed by atoms with E-state index in [1.807, 2.05) is 0 Å². The summed E-state index contributed by atoms with van der Waals surface area (Å²) in [4.78, 5) is 13.4. The van der Waals surface area contributed by atoms with E-state index in [1.54, 1.807) is 0 Å². The highest BCUT2D eigenvalue weighted by molar-refractivity contribution is 5.90. The van der Waals surface area contributed by atoms with Crippen molar-refractivity contribution in [3.05, 3.63) is 23.8 Å². The van der Waals surface area contributed by atoms with Crippen molar-refractivity contribution in [2.45, 2.75) is 6.18 Å². The molecule has 116 valence electrons. The van der Waals surface area contributed by atoms with E-state index in [4.69, 9.17) is 9.47 Å². The fourth-order valence-electron chi connectivity index (χ4n) is 1.95. The molecule has 0 saturated carbocycles. The summed E-state index contributed by atoms with van der Waals surface area (Å²) in [6.45, 7) is 1.46. The van der Waals surface area contributed by atoms with Gasteiger partial charge in [0.2, 0.25) is 0 Å². The van der Waals surface area contributed by atoms with Gasteiger partial charge in [0.15, 0.2) is 0 Å². The fourth-order valence-corrected chi connectivity index (χ4v) is 1.95. The first-order chi connectivity index (χ1) is 9.91. The Kier molecular flexibility index (Phi) is 4.56. The predicted molar refractivity (Wildman–Crippen MR) is 69.4 cm³/mol. The summed E-state index contributed by atoms with van der Waals surface area (Å²) in [6.07, 6.45) is -4.58. The van der Waals surface area contributed by atoms with Crippen LogP contribution in [0.5, 0.6) is 5.75 Å². The minimum absolute atomic E-state index is 0.0756. The number of halogens is 3. The third-order valence-corrected chi connectivity index (χ3v) is 3.07. The van der Waals surface area contributed by atoms with Gasteiger partial charge in [-0.2, -0.15) is 13.2 Å². The molecule has 2 amide bonds. The van der Waals surface area contributed by atoms with E-state index >= 15 is 0 Å². The van der Waals surface area contributed by atoms with Crippen molar-refractivity contribution < 1.29 is 27.4 Å². The summed E-state index contributed by atoms with van der Waals surface area (Å²) >= 11 is 0. The van der Waals surface area contributed by atoms with Gasteiger partial charge in [0.05, 0.1) is 31.6 Å². The molecule has 2 rings (SSSR count). The van der Waals surface area contributed by atoms with Crippen LogP contribution >= 0.6 is 0 Å². The van der Waals surface area contributed by atoms with Crippen LogP contribution in [0.2, 0.25) is 0 Å². The Labute approximate surface area is 119 Å². The molecule has 5 nitrogen and oxygen atoms in total. The molecule has 0 aliphatic carbocycles. The molecule has 0 radical (unpaired) electrons. The molecule has 0 bridgehead atoms. The summed E-state index contributed by atoms with van der Waals surface area (Å²) in [5.74, 6) is 0.0756. The molecule has 1 N–H and O–H groups in total. The molecule has 1 fully saturated rings. The van der Waals surface area contributed by atoms with Crippen LogP contribution in [0.4, 0.5) is 23.7 Å². The maximum atomic E-state index is 13.0. The summed E-state index contributed by atoms with van der Waals surface area (Å²) in [5, 5.41) is 2.29. The molecule has 1 aromatic carbocycles. The van der Waals surface area contributed by atoms with Crippen molar-refractivity contribution in [3.63, 3.8) is 0 Å². The van der Waals surface area contributed by atoms with E-state index in [0.29, 0.717) is 26.3 Å². The lowest BCUT2D eigenvalue weighted by atomic mass is 10.1. The fraction of sp³-hybridized carbons (Fsp3) is 0.462. The number of hydrogen-bond donors (Lipinski definition) is 1. The minimum Gasteiger partial charge on any atom is -0.497 e. The zero-order chi connectivity index (χ0) is 15.5. The van der Waals surface area contributed by atoms with Crippen LogP contribution in [0.3, 0.4) is 0 Å². The van der Waals surface area contributed by atoms with E-state index < -0.39 is 17.8 Å². The average molecular weight is 304 g/mol. The first-order valence-corrected chi connectivity index (χ1v) is 6.30. The lowest BCUT2D eigenvalue weighted by Crippen LogP contribution is -2.43. The second-order valence-electron chi connectivity index (χ2n) is 4.44. The van der Waals surface area contributed by atoms with Gasteiger partial charge in [-0.1, -0.05) is 0 Å². The van der Waals surface area contributed by atoms with E-state index in [-0.39, 0.29) is 11.4 Å². The van der Waals surface area contributed by atoms with Gasteiger partial charge in [0.25, 0.3) is 0 Å². The molecule has 8 heteroatoms. The summed E-state index contributed by atoms with van der Waals surface area (Å²) in [5.41, 5.74) is -1.23. The first-order valence-electron chi connectivity index (χ1n) is 6.30. The maximum absolute atomic E-state index is 13.0. The molecule has 1 aromatic rings. The SMILES string of the molecule is COc1ccc(NC(=O)N2CCOCC2)c(C(F)(F)F)c1. The van der Waals surface area contributed by atoms with E-state index in [9.17, 15) is 18.0 Å². The lowest BCUT2D eigenvalue weighted by Gasteiger charge is -2.27. The maximum Gasteiger partial charge on any atom is 0.418 e. The van der Waals surface area contributed by atoms with Gasteiger partial charge in [-0.3, -0.25) is 0 Å². The van der Waals surface area contributed by atoms with Gasteiger partial charge in [-0.05, 0) is 18.2 Å². The van der Waals surface area contributed by atoms with Crippen molar-refractivity contribution in [2.24, 2.45) is 0 Å². The number of carbonyl (C=O) groups is 1. The highest BCUT2D eigenvalue weighted by atomic mass is 19.4. The van der Waals surface area contributed by atoms with E-state index in [0.717, 1.165) is 6.07 Å². The Bertz CT molecular complexity index is 514. The molecular formula is C13H15F3N2O3. The van der Waals surface area contributed by atoms with Crippen LogP contribution in [-0.2, 0) is 10.9 Å². The second kappa shape index (κ2) is 6.21.